The van der Waals surface area contributed by atoms with Gasteiger partial charge in [-0.3, -0.25) is 5.10 Å². The molecule has 0 saturated heterocycles. The predicted molar refractivity (Wildman–Crippen MR) is 73.3 cm³/mol. The molecule has 0 radical (unpaired) electrons. The molecule has 0 bridgehead atoms. The second-order valence-corrected chi connectivity index (χ2v) is 6.14. The summed E-state index contributed by atoms with van der Waals surface area (Å²) in [5.74, 6) is 0.602. The van der Waals surface area contributed by atoms with Crippen LogP contribution in [0.15, 0.2) is 34.0 Å². The lowest BCUT2D eigenvalue weighted by Crippen LogP contribution is -2.31. The van der Waals surface area contributed by atoms with Gasteiger partial charge in [0, 0.05) is 18.7 Å². The zero-order valence-corrected chi connectivity index (χ0v) is 12.3. The lowest BCUT2D eigenvalue weighted by Gasteiger charge is -2.19. The van der Waals surface area contributed by atoms with Gasteiger partial charge in [-0.2, -0.15) is 9.40 Å². The highest BCUT2D eigenvalue weighted by Crippen LogP contribution is 2.19. The van der Waals surface area contributed by atoms with Crippen LogP contribution in [0.3, 0.4) is 0 Å². The summed E-state index contributed by atoms with van der Waals surface area (Å²) in [5, 5.41) is 9.45. The maximum atomic E-state index is 12.6. The molecule has 0 saturated carbocycles. The van der Waals surface area contributed by atoms with Gasteiger partial charge >= 0.3 is 0 Å². The molecule has 7 nitrogen and oxygen atoms in total. The Morgan fingerprint density at radius 2 is 2.30 bits per heavy atom. The molecular weight excluding hydrogens is 280 g/mol. The third-order valence-corrected chi connectivity index (χ3v) is 4.84. The molecule has 0 aliphatic rings. The van der Waals surface area contributed by atoms with E-state index in [4.69, 9.17) is 4.42 Å². The Labute approximate surface area is 118 Å². The fourth-order valence-corrected chi connectivity index (χ4v) is 3.43. The molecule has 110 valence electrons. The van der Waals surface area contributed by atoms with E-state index in [0.717, 1.165) is 0 Å². The summed E-state index contributed by atoms with van der Waals surface area (Å²) in [5.41, 5.74) is 0.616. The Hall–Kier alpha value is -1.64. The van der Waals surface area contributed by atoms with Crippen molar-refractivity contribution in [1.29, 1.82) is 0 Å². The van der Waals surface area contributed by atoms with Crippen molar-refractivity contribution < 1.29 is 12.8 Å². The van der Waals surface area contributed by atoms with Crippen molar-refractivity contribution in [3.8, 4) is 0 Å². The van der Waals surface area contributed by atoms with E-state index >= 15 is 0 Å². The fraction of sp³-hybridized carbons (Fsp3) is 0.417. The molecule has 20 heavy (non-hydrogen) atoms. The summed E-state index contributed by atoms with van der Waals surface area (Å²) in [6.45, 7) is 2.77. The standard InChI is InChI=1S/C12H18N4O3S/c1-3-16(9-11-5-4-6-19-11)20(17,18)12-10(7-13-2)8-14-15-12/h4-6,8,13H,3,7,9H2,1-2H3,(H,14,15). The number of hydrogen-bond acceptors (Lipinski definition) is 5. The number of nitrogens with zero attached hydrogens (tertiary/aromatic N) is 2. The Morgan fingerprint density at radius 1 is 1.50 bits per heavy atom. The van der Waals surface area contributed by atoms with Crippen LogP contribution in [0.1, 0.15) is 18.2 Å². The first-order valence-corrected chi connectivity index (χ1v) is 7.73. The quantitative estimate of drug-likeness (QED) is 0.793. The first-order chi connectivity index (χ1) is 9.59. The highest BCUT2D eigenvalue weighted by Gasteiger charge is 2.28. The van der Waals surface area contributed by atoms with Crippen LogP contribution in [-0.4, -0.2) is 36.5 Å². The molecular formula is C12H18N4O3S. The molecule has 2 rings (SSSR count). The first-order valence-electron chi connectivity index (χ1n) is 6.29. The van der Waals surface area contributed by atoms with Gasteiger partial charge in [-0.05, 0) is 19.2 Å². The molecule has 0 atom stereocenters. The summed E-state index contributed by atoms with van der Waals surface area (Å²) >= 11 is 0. The molecule has 0 aromatic carbocycles. The third-order valence-electron chi connectivity index (χ3n) is 2.91. The first kappa shape index (κ1) is 14.8. The molecule has 0 aliphatic carbocycles. The van der Waals surface area contributed by atoms with Crippen LogP contribution in [0.5, 0.6) is 0 Å². The Balaban J connectivity index is 2.29. The van der Waals surface area contributed by atoms with Crippen LogP contribution in [0, 0.1) is 0 Å². The minimum Gasteiger partial charge on any atom is -0.468 e. The van der Waals surface area contributed by atoms with E-state index in [0.29, 0.717) is 24.4 Å². The maximum Gasteiger partial charge on any atom is 0.260 e. The largest absolute Gasteiger partial charge is 0.468 e. The topological polar surface area (TPSA) is 91.2 Å². The number of aromatic nitrogens is 2. The predicted octanol–water partition coefficient (Wildman–Crippen LogP) is 0.933. The lowest BCUT2D eigenvalue weighted by atomic mass is 10.4. The minimum atomic E-state index is -3.62. The van der Waals surface area contributed by atoms with Crippen LogP contribution < -0.4 is 5.32 Å². The van der Waals surface area contributed by atoms with Crippen LogP contribution >= 0.6 is 0 Å². The summed E-state index contributed by atoms with van der Waals surface area (Å²) in [7, 11) is -1.87. The molecule has 2 aromatic rings. The monoisotopic (exact) mass is 298 g/mol. The number of sulfonamides is 1. The Kier molecular flexibility index (Phi) is 4.58. The van der Waals surface area contributed by atoms with Crippen molar-refractivity contribution in [2.24, 2.45) is 0 Å². The molecule has 2 aromatic heterocycles. The SMILES string of the molecule is CCN(Cc1ccco1)S(=O)(=O)c1[nH]ncc1CNC. The molecule has 2 heterocycles. The molecule has 0 aliphatic heterocycles. The van der Waals surface area contributed by atoms with E-state index in [1.54, 1.807) is 26.1 Å². The van der Waals surface area contributed by atoms with Gasteiger partial charge in [0.15, 0.2) is 5.03 Å². The van der Waals surface area contributed by atoms with Crippen LogP contribution in [0.25, 0.3) is 0 Å². The van der Waals surface area contributed by atoms with Gasteiger partial charge in [-0.25, -0.2) is 8.42 Å². The summed E-state index contributed by atoms with van der Waals surface area (Å²) in [6.07, 6.45) is 3.04. The second-order valence-electron chi connectivity index (χ2n) is 4.27. The molecule has 0 spiro atoms. The average Bonchev–Trinajstić information content (AvgIpc) is 3.07. The Morgan fingerprint density at radius 3 is 2.90 bits per heavy atom. The number of nitrogens with one attached hydrogen (secondary N) is 2. The van der Waals surface area contributed by atoms with Gasteiger partial charge in [0.25, 0.3) is 10.0 Å². The van der Waals surface area contributed by atoms with Crippen molar-refractivity contribution in [1.82, 2.24) is 19.8 Å². The highest BCUT2D eigenvalue weighted by atomic mass is 32.2. The van der Waals surface area contributed by atoms with E-state index in [1.165, 1.54) is 16.8 Å². The summed E-state index contributed by atoms with van der Waals surface area (Å²) in [6, 6.07) is 3.48. The van der Waals surface area contributed by atoms with Crippen molar-refractivity contribution in [3.63, 3.8) is 0 Å². The van der Waals surface area contributed by atoms with Crippen LogP contribution in [0.4, 0.5) is 0 Å². The maximum absolute atomic E-state index is 12.6. The minimum absolute atomic E-state index is 0.125. The van der Waals surface area contributed by atoms with Gasteiger partial charge in [-0.1, -0.05) is 6.92 Å². The van der Waals surface area contributed by atoms with Gasteiger partial charge in [0.1, 0.15) is 5.76 Å². The smallest absolute Gasteiger partial charge is 0.260 e. The third kappa shape index (κ3) is 2.92. The normalized spacial score (nSPS) is 12.2. The summed E-state index contributed by atoms with van der Waals surface area (Å²) < 4.78 is 31.8. The molecule has 0 amide bonds. The van der Waals surface area contributed by atoms with Gasteiger partial charge in [-0.15, -0.1) is 0 Å². The van der Waals surface area contributed by atoms with Gasteiger partial charge < -0.3 is 9.73 Å². The van der Waals surface area contributed by atoms with E-state index in [1.807, 2.05) is 0 Å². The van der Waals surface area contributed by atoms with E-state index < -0.39 is 10.0 Å². The lowest BCUT2D eigenvalue weighted by molar-refractivity contribution is 0.374. The van der Waals surface area contributed by atoms with Gasteiger partial charge in [0.05, 0.1) is 19.0 Å². The van der Waals surface area contributed by atoms with Gasteiger partial charge in [0.2, 0.25) is 0 Å². The number of aromatic amines is 1. The van der Waals surface area contributed by atoms with E-state index in [2.05, 4.69) is 15.5 Å². The van der Waals surface area contributed by atoms with E-state index in [9.17, 15) is 8.42 Å². The molecule has 0 fully saturated rings. The van der Waals surface area contributed by atoms with Crippen molar-refractivity contribution >= 4 is 10.0 Å². The van der Waals surface area contributed by atoms with Crippen LogP contribution in [-0.2, 0) is 23.1 Å². The Bertz CT molecular complexity index is 633. The highest BCUT2D eigenvalue weighted by molar-refractivity contribution is 7.89. The van der Waals surface area contributed by atoms with Crippen molar-refractivity contribution in [2.45, 2.75) is 25.0 Å². The summed E-state index contributed by atoms with van der Waals surface area (Å²) in [4.78, 5) is 0. The average molecular weight is 298 g/mol. The number of rotatable bonds is 7. The number of hydrogen-bond donors (Lipinski definition) is 2. The number of H-pyrrole nitrogens is 1. The zero-order chi connectivity index (χ0) is 14.6. The van der Waals surface area contributed by atoms with Crippen molar-refractivity contribution in [2.75, 3.05) is 13.6 Å². The molecule has 2 N–H and O–H groups in total. The van der Waals surface area contributed by atoms with Crippen molar-refractivity contribution in [3.05, 3.63) is 35.9 Å². The van der Waals surface area contributed by atoms with E-state index in [-0.39, 0.29) is 11.6 Å². The molecule has 0 unspecified atom stereocenters. The fourth-order valence-electron chi connectivity index (χ4n) is 1.91. The number of furan rings is 1. The zero-order valence-electron chi connectivity index (χ0n) is 11.5. The van der Waals surface area contributed by atoms with Crippen LogP contribution in [0.2, 0.25) is 0 Å². The second kappa shape index (κ2) is 6.21. The molecule has 8 heteroatoms.